The Labute approximate surface area is 126 Å². The molecule has 0 aromatic carbocycles. The van der Waals surface area contributed by atoms with E-state index in [1.165, 1.54) is 0 Å². The van der Waals surface area contributed by atoms with Gasteiger partial charge in [0.25, 0.3) is 0 Å². The van der Waals surface area contributed by atoms with Crippen LogP contribution in [0.5, 0.6) is 0 Å². The van der Waals surface area contributed by atoms with Gasteiger partial charge >= 0.3 is 0 Å². The van der Waals surface area contributed by atoms with Crippen molar-refractivity contribution < 1.29 is 4.74 Å². The predicted octanol–water partition coefficient (Wildman–Crippen LogP) is 3.92. The fourth-order valence-electron chi connectivity index (χ4n) is 2.05. The van der Waals surface area contributed by atoms with Gasteiger partial charge in [0.2, 0.25) is 0 Å². The lowest BCUT2D eigenvalue weighted by Crippen LogP contribution is -2.21. The number of nitrogens with zero attached hydrogens (tertiary/aromatic N) is 2. The topological polar surface area (TPSA) is 42.8 Å². The Morgan fingerprint density at radius 3 is 2.95 bits per heavy atom. The van der Waals surface area contributed by atoms with E-state index in [9.17, 15) is 0 Å². The van der Waals surface area contributed by atoms with Gasteiger partial charge in [-0.1, -0.05) is 13.8 Å². The molecule has 0 unspecified atom stereocenters. The Kier molecular flexibility index (Phi) is 4.43. The van der Waals surface area contributed by atoms with E-state index in [4.69, 9.17) is 17.0 Å². The van der Waals surface area contributed by atoms with Crippen LogP contribution < -0.4 is 0 Å². The van der Waals surface area contributed by atoms with Crippen LogP contribution in [0.2, 0.25) is 0 Å². The van der Waals surface area contributed by atoms with Crippen LogP contribution in [0.3, 0.4) is 0 Å². The second-order valence-corrected chi connectivity index (χ2v) is 6.75. The zero-order valence-electron chi connectivity index (χ0n) is 11.4. The number of rotatable bonds is 5. The largest absolute Gasteiger partial charge is 0.385 e. The first kappa shape index (κ1) is 14.7. The summed E-state index contributed by atoms with van der Waals surface area (Å²) in [7, 11) is 1.73. The second-order valence-electron chi connectivity index (χ2n) is 5.45. The van der Waals surface area contributed by atoms with Gasteiger partial charge < -0.3 is 14.3 Å². The minimum atomic E-state index is 0.109. The molecular formula is C13H18BrN3OS. The Morgan fingerprint density at radius 2 is 2.26 bits per heavy atom. The van der Waals surface area contributed by atoms with Crippen molar-refractivity contribution in [1.29, 1.82) is 0 Å². The summed E-state index contributed by atoms with van der Waals surface area (Å²) in [6, 6.07) is 2.00. The number of methoxy groups -OCH3 is 1. The third-order valence-corrected chi connectivity index (χ3v) is 3.90. The van der Waals surface area contributed by atoms with Crippen LogP contribution in [0.1, 0.15) is 20.3 Å². The minimum absolute atomic E-state index is 0.109. The molecule has 104 valence electrons. The van der Waals surface area contributed by atoms with Gasteiger partial charge in [-0.15, -0.1) is 0 Å². The highest BCUT2D eigenvalue weighted by atomic mass is 79.9. The van der Waals surface area contributed by atoms with E-state index >= 15 is 0 Å². The molecule has 0 saturated heterocycles. The van der Waals surface area contributed by atoms with Gasteiger partial charge in [0, 0.05) is 30.9 Å². The molecule has 0 radical (unpaired) electrons. The summed E-state index contributed by atoms with van der Waals surface area (Å²) < 4.78 is 8.89. The van der Waals surface area contributed by atoms with Crippen LogP contribution in [0, 0.1) is 10.2 Å². The molecule has 1 N–H and O–H groups in total. The molecule has 0 fully saturated rings. The van der Waals surface area contributed by atoms with Crippen molar-refractivity contribution in [3.8, 4) is 0 Å². The van der Waals surface area contributed by atoms with E-state index in [2.05, 4.69) is 44.3 Å². The molecule has 0 bridgehead atoms. The van der Waals surface area contributed by atoms with Crippen LogP contribution in [-0.4, -0.2) is 28.3 Å². The van der Waals surface area contributed by atoms with Gasteiger partial charge in [0.1, 0.15) is 0 Å². The molecule has 0 saturated carbocycles. The lowest BCUT2D eigenvalue weighted by molar-refractivity contribution is 0.143. The van der Waals surface area contributed by atoms with E-state index < -0.39 is 0 Å². The molecule has 0 aliphatic carbocycles. The summed E-state index contributed by atoms with van der Waals surface area (Å²) in [6.07, 6.45) is 2.78. The quantitative estimate of drug-likeness (QED) is 0.836. The average Bonchev–Trinajstić information content (AvgIpc) is 2.62. The van der Waals surface area contributed by atoms with E-state index in [1.54, 1.807) is 13.3 Å². The van der Waals surface area contributed by atoms with Gasteiger partial charge in [0.05, 0.1) is 5.52 Å². The minimum Gasteiger partial charge on any atom is -0.385 e. The molecule has 2 aromatic rings. The predicted molar refractivity (Wildman–Crippen MR) is 82.9 cm³/mol. The lowest BCUT2D eigenvalue weighted by Gasteiger charge is -2.24. The van der Waals surface area contributed by atoms with Crippen molar-refractivity contribution in [3.05, 3.63) is 21.5 Å². The van der Waals surface area contributed by atoms with E-state index in [1.807, 2.05) is 6.07 Å². The van der Waals surface area contributed by atoms with Crippen LogP contribution in [0.25, 0.3) is 11.2 Å². The summed E-state index contributed by atoms with van der Waals surface area (Å²) in [5.41, 5.74) is 1.97. The summed E-state index contributed by atoms with van der Waals surface area (Å²) in [4.78, 5) is 7.65. The number of H-pyrrole nitrogens is 1. The number of halogens is 1. The highest BCUT2D eigenvalue weighted by Gasteiger charge is 2.20. The third kappa shape index (κ3) is 3.43. The number of imidazole rings is 1. The number of hydrogen-bond donors (Lipinski definition) is 1. The molecule has 2 aromatic heterocycles. The van der Waals surface area contributed by atoms with Crippen molar-refractivity contribution in [2.24, 2.45) is 5.41 Å². The standard InChI is InChI=1S/C13H18BrN3OS/c1-13(2,4-5-18-3)8-17-11-10(16-12(17)19)6-9(14)7-15-11/h6-7H,4-5,8H2,1-3H3,(H,16,19). The maximum Gasteiger partial charge on any atom is 0.179 e. The summed E-state index contributed by atoms with van der Waals surface area (Å²) in [5.74, 6) is 0. The van der Waals surface area contributed by atoms with E-state index in [0.29, 0.717) is 4.77 Å². The molecule has 2 rings (SSSR count). The maximum atomic E-state index is 5.40. The summed E-state index contributed by atoms with van der Waals surface area (Å²) >= 11 is 8.82. The maximum absolute atomic E-state index is 5.40. The summed E-state index contributed by atoms with van der Waals surface area (Å²) in [6.45, 7) is 6.00. The first-order chi connectivity index (χ1) is 8.93. The first-order valence-electron chi connectivity index (χ1n) is 6.16. The van der Waals surface area contributed by atoms with Crippen LogP contribution in [-0.2, 0) is 11.3 Å². The molecule has 4 nitrogen and oxygen atoms in total. The Morgan fingerprint density at radius 1 is 1.53 bits per heavy atom. The van der Waals surface area contributed by atoms with Crippen LogP contribution >= 0.6 is 28.1 Å². The molecule has 0 aliphatic rings. The van der Waals surface area contributed by atoms with Crippen molar-refractivity contribution in [1.82, 2.24) is 14.5 Å². The number of hydrogen-bond acceptors (Lipinski definition) is 3. The SMILES string of the molecule is COCCC(C)(C)Cn1c(=S)[nH]c2cc(Br)cnc21. The number of aromatic nitrogens is 3. The fraction of sp³-hybridized carbons (Fsp3) is 0.538. The number of pyridine rings is 1. The Bertz CT molecular complexity index is 632. The monoisotopic (exact) mass is 343 g/mol. The zero-order valence-corrected chi connectivity index (χ0v) is 13.8. The number of ether oxygens (including phenoxy) is 1. The average molecular weight is 344 g/mol. The first-order valence-corrected chi connectivity index (χ1v) is 7.36. The third-order valence-electron chi connectivity index (χ3n) is 3.14. The van der Waals surface area contributed by atoms with Gasteiger partial charge in [0.15, 0.2) is 10.4 Å². The smallest absolute Gasteiger partial charge is 0.179 e. The van der Waals surface area contributed by atoms with Crippen LogP contribution in [0.4, 0.5) is 0 Å². The molecule has 0 spiro atoms. The molecule has 19 heavy (non-hydrogen) atoms. The van der Waals surface area contributed by atoms with E-state index in [-0.39, 0.29) is 5.41 Å². The zero-order chi connectivity index (χ0) is 14.0. The van der Waals surface area contributed by atoms with Crippen molar-refractivity contribution >= 4 is 39.3 Å². The molecule has 0 amide bonds. The molecule has 6 heteroatoms. The number of fused-ring (bicyclic) bond motifs is 1. The lowest BCUT2D eigenvalue weighted by atomic mass is 9.89. The van der Waals surface area contributed by atoms with Gasteiger partial charge in [-0.2, -0.15) is 0 Å². The normalized spacial score (nSPS) is 12.2. The molecule has 0 atom stereocenters. The Hall–Kier alpha value is -0.720. The number of nitrogens with one attached hydrogen (secondary N) is 1. The Balaban J connectivity index is 2.35. The highest BCUT2D eigenvalue weighted by molar-refractivity contribution is 9.10. The van der Waals surface area contributed by atoms with Crippen molar-refractivity contribution in [3.63, 3.8) is 0 Å². The second kappa shape index (κ2) is 5.73. The molecule has 0 aliphatic heterocycles. The van der Waals surface area contributed by atoms with E-state index in [0.717, 1.165) is 35.2 Å². The summed E-state index contributed by atoms with van der Waals surface area (Å²) in [5, 5.41) is 0. The highest BCUT2D eigenvalue weighted by Crippen LogP contribution is 2.26. The van der Waals surface area contributed by atoms with Gasteiger partial charge in [-0.25, -0.2) is 4.98 Å². The molecular weight excluding hydrogens is 326 g/mol. The van der Waals surface area contributed by atoms with Gasteiger partial charge in [-0.05, 0) is 46.0 Å². The van der Waals surface area contributed by atoms with Crippen LogP contribution in [0.15, 0.2) is 16.7 Å². The van der Waals surface area contributed by atoms with Crippen molar-refractivity contribution in [2.45, 2.75) is 26.8 Å². The molecule has 2 heterocycles. The van der Waals surface area contributed by atoms with Gasteiger partial charge in [-0.3, -0.25) is 0 Å². The van der Waals surface area contributed by atoms with Crippen molar-refractivity contribution in [2.75, 3.05) is 13.7 Å². The number of aromatic amines is 1. The fourth-order valence-corrected chi connectivity index (χ4v) is 2.64.